The number of pyridine rings is 1. The lowest BCUT2D eigenvalue weighted by Crippen LogP contribution is -1.96. The van der Waals surface area contributed by atoms with Gasteiger partial charge in [-0.2, -0.15) is 0 Å². The monoisotopic (exact) mass is 285 g/mol. The van der Waals surface area contributed by atoms with Crippen LogP contribution in [0, 0.1) is 4.64 Å². The van der Waals surface area contributed by atoms with Crippen molar-refractivity contribution in [1.82, 2.24) is 15.0 Å². The van der Waals surface area contributed by atoms with E-state index in [4.69, 9.17) is 35.3 Å². The molecule has 0 saturated carbocycles. The fourth-order valence-corrected chi connectivity index (χ4v) is 2.30. The number of hydrogen-bond donors (Lipinski definition) is 3. The van der Waals surface area contributed by atoms with E-state index in [-0.39, 0.29) is 5.82 Å². The van der Waals surface area contributed by atoms with E-state index in [9.17, 15) is 0 Å². The van der Waals surface area contributed by atoms with Gasteiger partial charge in [-0.3, -0.25) is 0 Å². The van der Waals surface area contributed by atoms with E-state index >= 15 is 0 Å². The first kappa shape index (κ1) is 12.2. The molecule has 0 bridgehead atoms. The molecule has 0 amide bonds. The molecule has 0 aliphatic heterocycles. The molecular formula is C9H8ClN5S2. The predicted molar refractivity (Wildman–Crippen MR) is 71.6 cm³/mol. The maximum Gasteiger partial charge on any atom is 0.143 e. The summed E-state index contributed by atoms with van der Waals surface area (Å²) >= 11 is 12.2. The van der Waals surface area contributed by atoms with Crippen LogP contribution >= 0.6 is 35.6 Å². The van der Waals surface area contributed by atoms with E-state index in [1.807, 2.05) is 0 Å². The SMILES string of the molecule is Nc1nccc(Sc2ncc(=S)[nH]c2N)c1Cl. The Morgan fingerprint density at radius 2 is 2.12 bits per heavy atom. The Morgan fingerprint density at radius 1 is 1.35 bits per heavy atom. The minimum atomic E-state index is 0.277. The highest BCUT2D eigenvalue weighted by Gasteiger charge is 2.09. The van der Waals surface area contributed by atoms with Gasteiger partial charge in [-0.25, -0.2) is 9.97 Å². The zero-order valence-electron chi connectivity index (χ0n) is 8.48. The van der Waals surface area contributed by atoms with E-state index in [0.29, 0.717) is 20.5 Å². The zero-order valence-corrected chi connectivity index (χ0v) is 10.9. The summed E-state index contributed by atoms with van der Waals surface area (Å²) < 4.78 is 0.479. The van der Waals surface area contributed by atoms with Crippen LogP contribution in [0.4, 0.5) is 11.6 Å². The Hall–Kier alpha value is -1.31. The van der Waals surface area contributed by atoms with Crippen molar-refractivity contribution >= 4 is 47.2 Å². The minimum absolute atomic E-state index is 0.277. The minimum Gasteiger partial charge on any atom is -0.383 e. The van der Waals surface area contributed by atoms with Gasteiger partial charge in [0.25, 0.3) is 0 Å². The second-order valence-electron chi connectivity index (χ2n) is 3.08. The molecule has 0 saturated heterocycles. The molecule has 0 aromatic carbocycles. The third kappa shape index (κ3) is 2.68. The standard InChI is InChI=1S/C9H8ClN5S2/c10-6-4(1-2-13-7(6)11)17-9-8(12)15-5(16)3-14-9/h1-3H,(H2,11,13)(H3,12,15,16). The van der Waals surface area contributed by atoms with Crippen LogP contribution in [0.3, 0.4) is 0 Å². The maximum absolute atomic E-state index is 6.02. The molecule has 0 unspecified atom stereocenters. The van der Waals surface area contributed by atoms with Gasteiger partial charge in [-0.1, -0.05) is 35.6 Å². The van der Waals surface area contributed by atoms with Crippen LogP contribution in [0.25, 0.3) is 0 Å². The van der Waals surface area contributed by atoms with E-state index in [1.165, 1.54) is 18.0 Å². The largest absolute Gasteiger partial charge is 0.383 e. The fraction of sp³-hybridized carbons (Fsp3) is 0. The molecule has 0 radical (unpaired) electrons. The van der Waals surface area contributed by atoms with Crippen LogP contribution in [-0.2, 0) is 0 Å². The number of halogens is 1. The fourth-order valence-electron chi connectivity index (χ4n) is 1.11. The highest BCUT2D eigenvalue weighted by molar-refractivity contribution is 7.99. The molecule has 2 aromatic heterocycles. The Kier molecular flexibility index (Phi) is 3.51. The number of nitrogens with two attached hydrogens (primary N) is 2. The Balaban J connectivity index is 2.38. The van der Waals surface area contributed by atoms with E-state index in [2.05, 4.69) is 15.0 Å². The van der Waals surface area contributed by atoms with Gasteiger partial charge in [-0.05, 0) is 6.07 Å². The van der Waals surface area contributed by atoms with E-state index < -0.39 is 0 Å². The lowest BCUT2D eigenvalue weighted by molar-refractivity contribution is 1.06. The number of nitrogen functional groups attached to an aromatic ring is 2. The molecule has 0 aliphatic rings. The van der Waals surface area contributed by atoms with Gasteiger partial charge in [0.2, 0.25) is 0 Å². The van der Waals surface area contributed by atoms with E-state index in [0.717, 1.165) is 4.90 Å². The highest BCUT2D eigenvalue weighted by atomic mass is 35.5. The molecule has 0 atom stereocenters. The van der Waals surface area contributed by atoms with Gasteiger partial charge in [0, 0.05) is 11.1 Å². The molecule has 0 fully saturated rings. The quantitative estimate of drug-likeness (QED) is 0.734. The van der Waals surface area contributed by atoms with Gasteiger partial charge in [0.1, 0.15) is 21.3 Å². The predicted octanol–water partition coefficient (Wildman–Crippen LogP) is 2.50. The first-order valence-electron chi connectivity index (χ1n) is 4.50. The van der Waals surface area contributed by atoms with Crippen molar-refractivity contribution in [1.29, 1.82) is 0 Å². The summed E-state index contributed by atoms with van der Waals surface area (Å²) in [6.45, 7) is 0. The van der Waals surface area contributed by atoms with Gasteiger partial charge in [0.05, 0.1) is 11.2 Å². The Bertz CT molecular complexity index is 613. The number of rotatable bonds is 2. The average molecular weight is 286 g/mol. The third-order valence-corrected chi connectivity index (χ3v) is 3.67. The van der Waals surface area contributed by atoms with Crippen LogP contribution in [0.15, 0.2) is 28.4 Å². The number of nitrogens with zero attached hydrogens (tertiary/aromatic N) is 2. The van der Waals surface area contributed by atoms with Crippen molar-refractivity contribution < 1.29 is 0 Å². The second kappa shape index (κ2) is 4.91. The summed E-state index contributed by atoms with van der Waals surface area (Å²) in [7, 11) is 0. The van der Waals surface area contributed by atoms with Gasteiger partial charge >= 0.3 is 0 Å². The van der Waals surface area contributed by atoms with Crippen molar-refractivity contribution in [3.63, 3.8) is 0 Å². The van der Waals surface area contributed by atoms with Crippen LogP contribution in [-0.4, -0.2) is 15.0 Å². The lowest BCUT2D eigenvalue weighted by Gasteiger charge is -2.06. The summed E-state index contributed by atoms with van der Waals surface area (Å²) in [5.74, 6) is 0.674. The van der Waals surface area contributed by atoms with Crippen LogP contribution in [0.1, 0.15) is 0 Å². The highest BCUT2D eigenvalue weighted by Crippen LogP contribution is 2.35. The lowest BCUT2D eigenvalue weighted by atomic mass is 10.5. The molecule has 88 valence electrons. The molecule has 5 nitrogen and oxygen atoms in total. The molecule has 2 rings (SSSR count). The Labute approximate surface area is 112 Å². The molecule has 2 aromatic rings. The zero-order chi connectivity index (χ0) is 12.4. The van der Waals surface area contributed by atoms with Crippen LogP contribution in [0.2, 0.25) is 5.02 Å². The van der Waals surface area contributed by atoms with Crippen molar-refractivity contribution in [2.75, 3.05) is 11.5 Å². The van der Waals surface area contributed by atoms with Crippen LogP contribution < -0.4 is 11.5 Å². The van der Waals surface area contributed by atoms with E-state index in [1.54, 1.807) is 12.3 Å². The number of aromatic amines is 1. The normalized spacial score (nSPS) is 10.4. The summed E-state index contributed by atoms with van der Waals surface area (Å²) in [6, 6.07) is 1.74. The number of anilines is 2. The smallest absolute Gasteiger partial charge is 0.143 e. The van der Waals surface area contributed by atoms with Crippen molar-refractivity contribution in [3.05, 3.63) is 28.1 Å². The molecule has 0 aliphatic carbocycles. The molecule has 17 heavy (non-hydrogen) atoms. The summed E-state index contributed by atoms with van der Waals surface area (Å²) in [5.41, 5.74) is 11.4. The van der Waals surface area contributed by atoms with Crippen molar-refractivity contribution in [2.24, 2.45) is 0 Å². The molecular weight excluding hydrogens is 278 g/mol. The topological polar surface area (TPSA) is 93.6 Å². The van der Waals surface area contributed by atoms with Crippen molar-refractivity contribution in [3.8, 4) is 0 Å². The molecule has 5 N–H and O–H groups in total. The first-order chi connectivity index (χ1) is 8.08. The summed E-state index contributed by atoms with van der Waals surface area (Å²) in [6.07, 6.45) is 3.09. The molecule has 8 heteroatoms. The van der Waals surface area contributed by atoms with Crippen molar-refractivity contribution in [2.45, 2.75) is 9.92 Å². The molecule has 0 spiro atoms. The summed E-state index contributed by atoms with van der Waals surface area (Å²) in [4.78, 5) is 11.6. The van der Waals surface area contributed by atoms with Gasteiger partial charge in [0.15, 0.2) is 0 Å². The Morgan fingerprint density at radius 3 is 2.82 bits per heavy atom. The number of hydrogen-bond acceptors (Lipinski definition) is 6. The second-order valence-corrected chi connectivity index (χ2v) is 4.93. The maximum atomic E-state index is 6.02. The number of nitrogens with one attached hydrogen (secondary N) is 1. The van der Waals surface area contributed by atoms with Gasteiger partial charge in [-0.15, -0.1) is 0 Å². The average Bonchev–Trinajstić information content (AvgIpc) is 2.28. The van der Waals surface area contributed by atoms with Gasteiger partial charge < -0.3 is 16.5 Å². The summed E-state index contributed by atoms with van der Waals surface area (Å²) in [5, 5.41) is 0.979. The number of aromatic nitrogens is 3. The van der Waals surface area contributed by atoms with Crippen LogP contribution in [0.5, 0.6) is 0 Å². The first-order valence-corrected chi connectivity index (χ1v) is 6.11. The third-order valence-electron chi connectivity index (χ3n) is 1.87. The molecule has 2 heterocycles. The number of H-pyrrole nitrogens is 1.